The fourth-order valence-corrected chi connectivity index (χ4v) is 5.54. The quantitative estimate of drug-likeness (QED) is 0.289. The molecule has 0 amide bonds. The van der Waals surface area contributed by atoms with Crippen molar-refractivity contribution in [1.82, 2.24) is 15.0 Å². The number of hydrogen-bond acceptors (Lipinski definition) is 3. The van der Waals surface area contributed by atoms with Gasteiger partial charge in [0, 0.05) is 52.8 Å². The van der Waals surface area contributed by atoms with E-state index in [-0.39, 0.29) is 11.7 Å². The lowest BCUT2D eigenvalue weighted by Crippen LogP contribution is -2.07. The number of rotatable bonds is 4. The van der Waals surface area contributed by atoms with E-state index in [1.807, 2.05) is 42.7 Å². The van der Waals surface area contributed by atoms with Crippen molar-refractivity contribution in [2.24, 2.45) is 0 Å². The van der Waals surface area contributed by atoms with E-state index in [4.69, 9.17) is 4.98 Å². The molecule has 35 heavy (non-hydrogen) atoms. The van der Waals surface area contributed by atoms with E-state index in [1.165, 1.54) is 22.3 Å². The predicted octanol–water partition coefficient (Wildman–Crippen LogP) is 7.16. The molecule has 7 rings (SSSR count). The van der Waals surface area contributed by atoms with Gasteiger partial charge >= 0.3 is 0 Å². The number of para-hydroxylation sites is 1. The zero-order chi connectivity index (χ0) is 23.4. The molecule has 4 nitrogen and oxygen atoms in total. The zero-order valence-corrected chi connectivity index (χ0v) is 18.9. The van der Waals surface area contributed by atoms with Crippen LogP contribution in [0.3, 0.4) is 0 Å². The van der Waals surface area contributed by atoms with E-state index in [0.29, 0.717) is 6.42 Å². The number of Topliss-reactive ketones (excluding diaryl/α,β-unsaturated/α-hetero) is 1. The van der Waals surface area contributed by atoms with E-state index >= 15 is 0 Å². The number of ketones is 1. The summed E-state index contributed by atoms with van der Waals surface area (Å²) in [6.07, 6.45) is 5.90. The first-order valence-corrected chi connectivity index (χ1v) is 11.8. The maximum absolute atomic E-state index is 13.6. The Morgan fingerprint density at radius 1 is 0.829 bits per heavy atom. The number of nitrogens with one attached hydrogen (secondary N) is 1. The zero-order valence-electron chi connectivity index (χ0n) is 18.9. The average molecular weight is 452 g/mol. The molecular weight excluding hydrogens is 430 g/mol. The van der Waals surface area contributed by atoms with Gasteiger partial charge in [0.2, 0.25) is 0 Å². The summed E-state index contributed by atoms with van der Waals surface area (Å²) >= 11 is 0. The van der Waals surface area contributed by atoms with E-state index < -0.39 is 0 Å². The minimum Gasteiger partial charge on any atom is -0.346 e. The molecule has 0 radical (unpaired) electrons. The largest absolute Gasteiger partial charge is 0.346 e. The van der Waals surface area contributed by atoms with E-state index in [9.17, 15) is 4.79 Å². The van der Waals surface area contributed by atoms with Crippen LogP contribution < -0.4 is 0 Å². The van der Waals surface area contributed by atoms with Crippen molar-refractivity contribution in [3.63, 3.8) is 0 Å². The standard InChI is InChI=1S/C31H21N3O/c35-29(23-12-14-32-31-26(23)13-15-33-31)17-27-22-7-2-3-8-24(22)30-21(9-5-10-25(27)30)20-16-19-6-1-4-11-28(19)34-18-20/h1-16,18,27H,17H2,(H,32,33). The second kappa shape index (κ2) is 7.74. The van der Waals surface area contributed by atoms with Crippen LogP contribution in [0.15, 0.2) is 104 Å². The topological polar surface area (TPSA) is 58.6 Å². The monoisotopic (exact) mass is 451 g/mol. The van der Waals surface area contributed by atoms with Crippen molar-refractivity contribution in [3.05, 3.63) is 120 Å². The Morgan fingerprint density at radius 3 is 2.63 bits per heavy atom. The number of benzene rings is 3. The Balaban J connectivity index is 1.36. The average Bonchev–Trinajstić information content (AvgIpc) is 3.51. The fraction of sp³-hybridized carbons (Fsp3) is 0.0645. The number of nitrogens with zero attached hydrogens (tertiary/aromatic N) is 2. The summed E-state index contributed by atoms with van der Waals surface area (Å²) < 4.78 is 0. The van der Waals surface area contributed by atoms with Crippen LogP contribution in [0.25, 0.3) is 44.2 Å². The first kappa shape index (κ1) is 19.9. The Hall–Kier alpha value is -4.57. The summed E-state index contributed by atoms with van der Waals surface area (Å²) in [6, 6.07) is 29.1. The van der Waals surface area contributed by atoms with Gasteiger partial charge in [-0.2, -0.15) is 0 Å². The Bertz CT molecular complexity index is 1760. The number of carbonyl (C=O) groups excluding carboxylic acids is 1. The van der Waals surface area contributed by atoms with E-state index in [2.05, 4.69) is 64.6 Å². The minimum atomic E-state index is 0.00391. The van der Waals surface area contributed by atoms with Crippen LogP contribution in [0.2, 0.25) is 0 Å². The number of pyridine rings is 2. The predicted molar refractivity (Wildman–Crippen MR) is 139 cm³/mol. The molecule has 6 aromatic rings. The smallest absolute Gasteiger partial charge is 0.164 e. The molecular formula is C31H21N3O. The number of H-pyrrole nitrogens is 1. The van der Waals surface area contributed by atoms with Crippen LogP contribution in [0.1, 0.15) is 33.8 Å². The molecule has 3 aromatic carbocycles. The van der Waals surface area contributed by atoms with Crippen molar-refractivity contribution in [2.45, 2.75) is 12.3 Å². The van der Waals surface area contributed by atoms with Gasteiger partial charge in [-0.3, -0.25) is 9.78 Å². The Morgan fingerprint density at radius 2 is 1.66 bits per heavy atom. The Kier molecular flexibility index (Phi) is 4.39. The molecule has 0 saturated heterocycles. The second-order valence-corrected chi connectivity index (χ2v) is 9.05. The third-order valence-corrected chi connectivity index (χ3v) is 7.13. The lowest BCUT2D eigenvalue weighted by atomic mass is 9.88. The van der Waals surface area contributed by atoms with Gasteiger partial charge in [-0.25, -0.2) is 4.98 Å². The van der Waals surface area contributed by atoms with Crippen LogP contribution in [0.4, 0.5) is 0 Å². The van der Waals surface area contributed by atoms with Gasteiger partial charge in [0.15, 0.2) is 5.78 Å². The van der Waals surface area contributed by atoms with Crippen LogP contribution >= 0.6 is 0 Å². The third-order valence-electron chi connectivity index (χ3n) is 7.13. The molecule has 1 unspecified atom stereocenters. The van der Waals surface area contributed by atoms with Gasteiger partial charge in [-0.15, -0.1) is 0 Å². The van der Waals surface area contributed by atoms with Crippen molar-refractivity contribution in [1.29, 1.82) is 0 Å². The maximum Gasteiger partial charge on any atom is 0.164 e. The van der Waals surface area contributed by atoms with Gasteiger partial charge in [-0.05, 0) is 52.1 Å². The summed E-state index contributed by atoms with van der Waals surface area (Å²) in [5.41, 5.74) is 9.50. The summed E-state index contributed by atoms with van der Waals surface area (Å²) in [4.78, 5) is 25.7. The first-order valence-electron chi connectivity index (χ1n) is 11.8. The summed E-state index contributed by atoms with van der Waals surface area (Å²) in [7, 11) is 0. The van der Waals surface area contributed by atoms with E-state index in [1.54, 1.807) is 6.20 Å². The first-order chi connectivity index (χ1) is 17.3. The molecule has 4 heteroatoms. The summed E-state index contributed by atoms with van der Waals surface area (Å²) in [6.45, 7) is 0. The summed E-state index contributed by atoms with van der Waals surface area (Å²) in [5.74, 6) is 0.131. The molecule has 1 atom stereocenters. The molecule has 0 spiro atoms. The molecule has 1 N–H and O–H groups in total. The Labute approximate surface area is 202 Å². The van der Waals surface area contributed by atoms with E-state index in [0.717, 1.165) is 38.6 Å². The SMILES string of the molecule is O=C(CC1c2ccccc2-c2c(-c3cnc4ccccc4c3)cccc21)c1ccnc2[nH]ccc12. The van der Waals surface area contributed by atoms with Crippen molar-refractivity contribution < 1.29 is 4.79 Å². The van der Waals surface area contributed by atoms with Gasteiger partial charge in [0.25, 0.3) is 0 Å². The highest BCUT2D eigenvalue weighted by Gasteiger charge is 2.32. The van der Waals surface area contributed by atoms with Crippen molar-refractivity contribution in [2.75, 3.05) is 0 Å². The molecule has 1 aliphatic carbocycles. The van der Waals surface area contributed by atoms with Crippen LogP contribution in [-0.4, -0.2) is 20.7 Å². The highest BCUT2D eigenvalue weighted by Crippen LogP contribution is 2.50. The molecule has 0 saturated carbocycles. The number of fused-ring (bicyclic) bond motifs is 5. The number of hydrogen-bond donors (Lipinski definition) is 1. The van der Waals surface area contributed by atoms with Crippen LogP contribution in [-0.2, 0) is 0 Å². The van der Waals surface area contributed by atoms with Crippen LogP contribution in [0, 0.1) is 0 Å². The lowest BCUT2D eigenvalue weighted by Gasteiger charge is -2.14. The fourth-order valence-electron chi connectivity index (χ4n) is 5.54. The summed E-state index contributed by atoms with van der Waals surface area (Å²) in [5, 5.41) is 1.99. The number of carbonyl (C=O) groups is 1. The lowest BCUT2D eigenvalue weighted by molar-refractivity contribution is 0.0979. The normalized spacial score (nSPS) is 14.2. The molecule has 0 aliphatic heterocycles. The maximum atomic E-state index is 13.6. The highest BCUT2D eigenvalue weighted by molar-refractivity contribution is 6.07. The number of aromatic nitrogens is 3. The molecule has 3 heterocycles. The molecule has 1 aliphatic rings. The van der Waals surface area contributed by atoms with Crippen molar-refractivity contribution >= 4 is 27.7 Å². The second-order valence-electron chi connectivity index (χ2n) is 9.05. The van der Waals surface area contributed by atoms with Gasteiger partial charge in [-0.1, -0.05) is 60.7 Å². The molecule has 3 aromatic heterocycles. The van der Waals surface area contributed by atoms with Gasteiger partial charge in [0.1, 0.15) is 5.65 Å². The number of aromatic amines is 1. The molecule has 166 valence electrons. The van der Waals surface area contributed by atoms with Crippen LogP contribution in [0.5, 0.6) is 0 Å². The minimum absolute atomic E-state index is 0.00391. The molecule has 0 bridgehead atoms. The van der Waals surface area contributed by atoms with Gasteiger partial charge < -0.3 is 4.98 Å². The highest BCUT2D eigenvalue weighted by atomic mass is 16.1. The van der Waals surface area contributed by atoms with Crippen molar-refractivity contribution in [3.8, 4) is 22.3 Å². The van der Waals surface area contributed by atoms with Gasteiger partial charge in [0.05, 0.1) is 5.52 Å². The third kappa shape index (κ3) is 3.11. The molecule has 0 fully saturated rings.